The Morgan fingerprint density at radius 3 is 2.42 bits per heavy atom. The summed E-state index contributed by atoms with van der Waals surface area (Å²) in [5.41, 5.74) is 8.70. The Bertz CT molecular complexity index is 1340. The maximum atomic E-state index is 13.5. The quantitative estimate of drug-likeness (QED) is 0.396. The fourth-order valence-corrected chi connectivity index (χ4v) is 4.90. The summed E-state index contributed by atoms with van der Waals surface area (Å²) in [6.45, 7) is 11.1. The highest BCUT2D eigenvalue weighted by atomic mass is 32.1. The molecule has 0 radical (unpaired) electrons. The smallest absolute Gasteiger partial charge is 0.277 e. The van der Waals surface area contributed by atoms with Gasteiger partial charge in [-0.15, -0.1) is 11.3 Å². The van der Waals surface area contributed by atoms with Crippen molar-refractivity contribution in [1.29, 1.82) is 0 Å². The first-order chi connectivity index (χ1) is 15.8. The zero-order chi connectivity index (χ0) is 23.7. The molecule has 0 saturated carbocycles. The summed E-state index contributed by atoms with van der Waals surface area (Å²) in [6.07, 6.45) is 1.94. The molecule has 0 aliphatic rings. The van der Waals surface area contributed by atoms with Crippen LogP contribution in [-0.4, -0.2) is 44.4 Å². The Morgan fingerprint density at radius 1 is 1.09 bits per heavy atom. The Labute approximate surface area is 197 Å². The van der Waals surface area contributed by atoms with E-state index in [4.69, 9.17) is 10.7 Å². The second-order valence-electron chi connectivity index (χ2n) is 9.49. The van der Waals surface area contributed by atoms with Gasteiger partial charge in [0.15, 0.2) is 0 Å². The van der Waals surface area contributed by atoms with Crippen molar-refractivity contribution in [3.63, 3.8) is 0 Å². The first-order valence-electron chi connectivity index (χ1n) is 11.7. The average molecular weight is 468 g/mol. The Morgan fingerprint density at radius 2 is 1.79 bits per heavy atom. The van der Waals surface area contributed by atoms with Crippen LogP contribution in [0.3, 0.4) is 0 Å². The first kappa shape index (κ1) is 23.4. The molecule has 0 aliphatic carbocycles. The van der Waals surface area contributed by atoms with Crippen molar-refractivity contribution in [3.05, 3.63) is 45.6 Å². The van der Waals surface area contributed by atoms with E-state index in [1.54, 1.807) is 4.40 Å². The number of amides is 1. The van der Waals surface area contributed by atoms with Crippen LogP contribution in [0.15, 0.2) is 34.4 Å². The van der Waals surface area contributed by atoms with E-state index in [1.807, 2.05) is 39.1 Å². The highest BCUT2D eigenvalue weighted by molar-refractivity contribution is 7.17. The highest BCUT2D eigenvalue weighted by Crippen LogP contribution is 2.24. The second kappa shape index (κ2) is 9.65. The number of benzene rings is 1. The van der Waals surface area contributed by atoms with Gasteiger partial charge in [0.25, 0.3) is 11.5 Å². The number of fused-ring (bicyclic) bond motifs is 4. The topological polar surface area (TPSA) is 85.6 Å². The van der Waals surface area contributed by atoms with Gasteiger partial charge in [0, 0.05) is 31.7 Å². The van der Waals surface area contributed by atoms with Gasteiger partial charge in [0.05, 0.1) is 16.6 Å². The summed E-state index contributed by atoms with van der Waals surface area (Å²) in [6, 6.07) is 7.46. The summed E-state index contributed by atoms with van der Waals surface area (Å²) < 4.78 is 4.23. The lowest BCUT2D eigenvalue weighted by Gasteiger charge is -2.24. The van der Waals surface area contributed by atoms with Gasteiger partial charge in [-0.2, -0.15) is 0 Å². The third-order valence-electron chi connectivity index (χ3n) is 6.05. The number of thiophene rings is 1. The minimum Gasteiger partial charge on any atom is -0.339 e. The van der Waals surface area contributed by atoms with Crippen LogP contribution in [-0.2, 0) is 6.54 Å². The molecule has 7 nitrogen and oxygen atoms in total. The largest absolute Gasteiger partial charge is 0.339 e. The lowest BCUT2D eigenvalue weighted by atomic mass is 10.1. The third-order valence-corrected chi connectivity index (χ3v) is 6.94. The second-order valence-corrected chi connectivity index (χ2v) is 10.4. The van der Waals surface area contributed by atoms with E-state index in [0.717, 1.165) is 37.0 Å². The minimum atomic E-state index is -0.0830. The zero-order valence-corrected chi connectivity index (χ0v) is 20.7. The van der Waals surface area contributed by atoms with Gasteiger partial charge >= 0.3 is 0 Å². The van der Waals surface area contributed by atoms with Crippen molar-refractivity contribution < 1.29 is 4.79 Å². The first-order valence-corrected chi connectivity index (χ1v) is 12.6. The maximum Gasteiger partial charge on any atom is 0.277 e. The number of aromatic nitrogens is 3. The van der Waals surface area contributed by atoms with Gasteiger partial charge in [0.1, 0.15) is 4.70 Å². The van der Waals surface area contributed by atoms with Gasteiger partial charge in [-0.1, -0.05) is 27.7 Å². The van der Waals surface area contributed by atoms with E-state index in [0.29, 0.717) is 46.5 Å². The molecule has 0 aliphatic heterocycles. The molecule has 0 unspecified atom stereocenters. The normalized spacial score (nSPS) is 12.1. The molecular weight excluding hydrogens is 434 g/mol. The molecule has 3 heterocycles. The zero-order valence-electron chi connectivity index (χ0n) is 19.9. The number of nitrogens with two attached hydrogens (primary N) is 1. The molecule has 176 valence electrons. The molecule has 0 saturated heterocycles. The van der Waals surface area contributed by atoms with Gasteiger partial charge in [-0.25, -0.2) is 9.38 Å². The molecule has 3 aromatic heterocycles. The molecule has 0 spiro atoms. The molecule has 1 amide bonds. The minimum absolute atomic E-state index is 0.0315. The molecule has 0 bridgehead atoms. The Hall–Kier alpha value is -2.71. The fraction of sp³-hybridized carbons (Fsp3) is 0.480. The standard InChI is InChI=1S/C25H33N5O2S/c1-16(2)7-11-28(12-8-17(3)4)23(31)18-5-6-20-21(15-18)29(13-10-26)25-27-19-9-14-33-22(19)24(32)30(20)25/h5-6,9,14-17H,7-8,10-13,26H2,1-4H3. The van der Waals surface area contributed by atoms with E-state index < -0.39 is 0 Å². The average Bonchev–Trinajstić information content (AvgIpc) is 3.37. The number of carbonyl (C=O) groups excluding carboxylic acids is 1. The molecular formula is C25H33N5O2S. The lowest BCUT2D eigenvalue weighted by Crippen LogP contribution is -2.34. The highest BCUT2D eigenvalue weighted by Gasteiger charge is 2.21. The molecule has 33 heavy (non-hydrogen) atoms. The molecule has 0 fully saturated rings. The third kappa shape index (κ3) is 4.54. The predicted octanol–water partition coefficient (Wildman–Crippen LogP) is 4.36. The SMILES string of the molecule is CC(C)CCN(CCC(C)C)C(=O)c1ccc2c(c1)n(CCN)c1nc3ccsc3c(=O)n21. The monoisotopic (exact) mass is 467 g/mol. The van der Waals surface area contributed by atoms with Crippen LogP contribution in [0, 0.1) is 11.8 Å². The molecule has 4 rings (SSSR count). The van der Waals surface area contributed by atoms with Crippen LogP contribution >= 0.6 is 11.3 Å². The molecule has 0 atom stereocenters. The number of imidazole rings is 1. The van der Waals surface area contributed by atoms with Crippen molar-refractivity contribution in [2.75, 3.05) is 19.6 Å². The molecule has 4 aromatic rings. The summed E-state index contributed by atoms with van der Waals surface area (Å²) in [5, 5.41) is 1.88. The molecule has 1 aromatic carbocycles. The summed E-state index contributed by atoms with van der Waals surface area (Å²) >= 11 is 1.40. The number of nitrogens with zero attached hydrogens (tertiary/aromatic N) is 4. The van der Waals surface area contributed by atoms with E-state index >= 15 is 0 Å². The fourth-order valence-electron chi connectivity index (χ4n) is 4.14. The van der Waals surface area contributed by atoms with E-state index in [-0.39, 0.29) is 11.5 Å². The summed E-state index contributed by atoms with van der Waals surface area (Å²) in [7, 11) is 0. The van der Waals surface area contributed by atoms with Crippen LogP contribution in [0.25, 0.3) is 27.0 Å². The van der Waals surface area contributed by atoms with Crippen LogP contribution in [0.5, 0.6) is 0 Å². The number of rotatable bonds is 9. The van der Waals surface area contributed by atoms with E-state index in [2.05, 4.69) is 27.7 Å². The predicted molar refractivity (Wildman–Crippen MR) is 136 cm³/mol. The number of carbonyl (C=O) groups is 1. The van der Waals surface area contributed by atoms with Crippen LogP contribution < -0.4 is 11.3 Å². The summed E-state index contributed by atoms with van der Waals surface area (Å²) in [5.74, 6) is 1.65. The van der Waals surface area contributed by atoms with Gasteiger partial charge in [0.2, 0.25) is 5.78 Å². The van der Waals surface area contributed by atoms with Crippen molar-refractivity contribution in [2.45, 2.75) is 47.1 Å². The van der Waals surface area contributed by atoms with Crippen LogP contribution in [0.1, 0.15) is 50.9 Å². The Kier molecular flexibility index (Phi) is 6.86. The van der Waals surface area contributed by atoms with Crippen molar-refractivity contribution in [3.8, 4) is 0 Å². The van der Waals surface area contributed by atoms with Crippen molar-refractivity contribution in [1.82, 2.24) is 18.9 Å². The Balaban J connectivity index is 1.82. The van der Waals surface area contributed by atoms with Crippen LogP contribution in [0.4, 0.5) is 0 Å². The van der Waals surface area contributed by atoms with E-state index in [9.17, 15) is 9.59 Å². The van der Waals surface area contributed by atoms with E-state index in [1.165, 1.54) is 11.3 Å². The summed E-state index contributed by atoms with van der Waals surface area (Å²) in [4.78, 5) is 33.5. The number of hydrogen-bond donors (Lipinski definition) is 1. The van der Waals surface area contributed by atoms with Crippen molar-refractivity contribution in [2.24, 2.45) is 17.6 Å². The van der Waals surface area contributed by atoms with Gasteiger partial charge < -0.3 is 15.2 Å². The van der Waals surface area contributed by atoms with Crippen LogP contribution in [0.2, 0.25) is 0 Å². The lowest BCUT2D eigenvalue weighted by molar-refractivity contribution is 0.0741. The van der Waals surface area contributed by atoms with Gasteiger partial charge in [-0.3, -0.25) is 9.59 Å². The molecule has 2 N–H and O–H groups in total. The maximum absolute atomic E-state index is 13.5. The number of hydrogen-bond acceptors (Lipinski definition) is 5. The molecule has 8 heteroatoms. The van der Waals surface area contributed by atoms with Crippen molar-refractivity contribution >= 4 is 44.3 Å². The van der Waals surface area contributed by atoms with Gasteiger partial charge in [-0.05, 0) is 54.3 Å².